The molecule has 0 radical (unpaired) electrons. The third-order valence-electron chi connectivity index (χ3n) is 3.14. The van der Waals surface area contributed by atoms with Gasteiger partial charge in [-0.3, -0.25) is 4.79 Å². The van der Waals surface area contributed by atoms with Crippen LogP contribution in [-0.2, 0) is 9.59 Å². The summed E-state index contributed by atoms with van der Waals surface area (Å²) in [7, 11) is 1.56. The van der Waals surface area contributed by atoms with E-state index < -0.39 is 12.0 Å². The molecule has 0 aliphatic carbocycles. The van der Waals surface area contributed by atoms with Gasteiger partial charge in [0.15, 0.2) is 0 Å². The second-order valence-corrected chi connectivity index (χ2v) is 5.85. The highest BCUT2D eigenvalue weighted by Crippen LogP contribution is 2.19. The molecule has 1 N–H and O–H groups in total. The summed E-state index contributed by atoms with van der Waals surface area (Å²) in [6.07, 6.45) is 0.765. The van der Waals surface area contributed by atoms with Crippen molar-refractivity contribution in [1.29, 1.82) is 0 Å². The van der Waals surface area contributed by atoms with Crippen molar-refractivity contribution in [2.24, 2.45) is 0 Å². The predicted octanol–water partition coefficient (Wildman–Crippen LogP) is 2.80. The fourth-order valence-electron chi connectivity index (χ4n) is 1.85. The average Bonchev–Trinajstić information content (AvgIpc) is 2.41. The molecule has 0 aromatic heterocycles. The minimum atomic E-state index is -0.950. The lowest BCUT2D eigenvalue weighted by molar-refractivity contribution is -0.149. The number of hydrogen-bond acceptors (Lipinski definition) is 3. The Morgan fingerprint density at radius 1 is 1.30 bits per heavy atom. The van der Waals surface area contributed by atoms with Gasteiger partial charge in [0.2, 0.25) is 5.91 Å². The molecule has 0 saturated heterocycles. The van der Waals surface area contributed by atoms with E-state index in [-0.39, 0.29) is 5.91 Å². The van der Waals surface area contributed by atoms with Crippen LogP contribution in [0.25, 0.3) is 0 Å². The number of carboxylic acid groups (broad SMARTS) is 1. The SMILES string of the molecule is CCC(C(=O)O)N(C)C(=O)CCSc1ccc(C)cc1. The van der Waals surface area contributed by atoms with E-state index in [0.29, 0.717) is 18.6 Å². The normalized spacial score (nSPS) is 11.9. The lowest BCUT2D eigenvalue weighted by Crippen LogP contribution is -2.42. The molecule has 20 heavy (non-hydrogen) atoms. The van der Waals surface area contributed by atoms with Gasteiger partial charge in [-0.2, -0.15) is 0 Å². The molecule has 0 aliphatic rings. The highest BCUT2D eigenvalue weighted by Gasteiger charge is 2.24. The number of carbonyl (C=O) groups is 2. The fourth-order valence-corrected chi connectivity index (χ4v) is 2.70. The van der Waals surface area contributed by atoms with Crippen molar-refractivity contribution in [3.8, 4) is 0 Å². The zero-order valence-electron chi connectivity index (χ0n) is 12.1. The Hall–Kier alpha value is -1.49. The second-order valence-electron chi connectivity index (χ2n) is 4.68. The van der Waals surface area contributed by atoms with Crippen LogP contribution in [0.4, 0.5) is 0 Å². The van der Waals surface area contributed by atoms with E-state index in [1.807, 2.05) is 31.2 Å². The van der Waals surface area contributed by atoms with Gasteiger partial charge in [0.05, 0.1) is 0 Å². The minimum absolute atomic E-state index is 0.126. The number of amides is 1. The Kier molecular flexibility index (Phi) is 6.58. The molecule has 5 heteroatoms. The number of carboxylic acids is 1. The number of hydrogen-bond donors (Lipinski definition) is 1. The van der Waals surface area contributed by atoms with Crippen LogP contribution >= 0.6 is 11.8 Å². The Morgan fingerprint density at radius 3 is 2.40 bits per heavy atom. The summed E-state index contributed by atoms with van der Waals surface area (Å²) < 4.78 is 0. The predicted molar refractivity (Wildman–Crippen MR) is 81.0 cm³/mol. The number of rotatable bonds is 7. The van der Waals surface area contributed by atoms with E-state index in [0.717, 1.165) is 4.90 Å². The molecule has 1 unspecified atom stereocenters. The molecule has 1 aromatic rings. The summed E-state index contributed by atoms with van der Waals surface area (Å²) in [6.45, 7) is 3.80. The third-order valence-corrected chi connectivity index (χ3v) is 4.15. The first-order chi connectivity index (χ1) is 9.45. The number of likely N-dealkylation sites (N-methyl/N-ethyl adjacent to an activating group) is 1. The average molecular weight is 295 g/mol. The number of nitrogens with zero attached hydrogens (tertiary/aromatic N) is 1. The van der Waals surface area contributed by atoms with Crippen LogP contribution < -0.4 is 0 Å². The number of benzene rings is 1. The monoisotopic (exact) mass is 295 g/mol. The molecule has 1 aromatic carbocycles. The van der Waals surface area contributed by atoms with E-state index in [1.165, 1.54) is 10.5 Å². The summed E-state index contributed by atoms with van der Waals surface area (Å²) in [4.78, 5) is 25.4. The standard InChI is InChI=1S/C15H21NO3S/c1-4-13(15(18)19)16(3)14(17)9-10-20-12-7-5-11(2)6-8-12/h5-8,13H,4,9-10H2,1-3H3,(H,18,19). The van der Waals surface area contributed by atoms with Gasteiger partial charge in [0, 0.05) is 24.1 Å². The highest BCUT2D eigenvalue weighted by atomic mass is 32.2. The van der Waals surface area contributed by atoms with Gasteiger partial charge in [-0.25, -0.2) is 4.79 Å². The summed E-state index contributed by atoms with van der Waals surface area (Å²) >= 11 is 1.61. The largest absolute Gasteiger partial charge is 0.480 e. The zero-order valence-corrected chi connectivity index (χ0v) is 12.9. The molecule has 0 fully saturated rings. The van der Waals surface area contributed by atoms with E-state index in [1.54, 1.807) is 25.7 Å². The Morgan fingerprint density at radius 2 is 1.90 bits per heavy atom. The molecule has 1 amide bonds. The molecule has 0 spiro atoms. The molecule has 0 bridgehead atoms. The van der Waals surface area contributed by atoms with Gasteiger partial charge >= 0.3 is 5.97 Å². The molecule has 1 atom stereocenters. The summed E-state index contributed by atoms with van der Waals surface area (Å²) in [6, 6.07) is 7.40. The highest BCUT2D eigenvalue weighted by molar-refractivity contribution is 7.99. The van der Waals surface area contributed by atoms with Crippen molar-refractivity contribution >= 4 is 23.6 Å². The number of carbonyl (C=O) groups excluding carboxylic acids is 1. The third kappa shape index (κ3) is 4.89. The lowest BCUT2D eigenvalue weighted by Gasteiger charge is -2.23. The number of aryl methyl sites for hydroxylation is 1. The zero-order chi connectivity index (χ0) is 15.1. The van der Waals surface area contributed by atoms with Crippen LogP contribution in [0.15, 0.2) is 29.2 Å². The molecule has 0 heterocycles. The Labute approximate surface area is 124 Å². The van der Waals surface area contributed by atoms with Crippen LogP contribution in [0.2, 0.25) is 0 Å². The van der Waals surface area contributed by atoms with Crippen molar-refractivity contribution in [2.75, 3.05) is 12.8 Å². The maximum absolute atomic E-state index is 11.9. The maximum atomic E-state index is 11.9. The molecule has 4 nitrogen and oxygen atoms in total. The quantitative estimate of drug-likeness (QED) is 0.786. The van der Waals surface area contributed by atoms with Crippen molar-refractivity contribution in [2.45, 2.75) is 37.6 Å². The first-order valence-corrected chi connectivity index (χ1v) is 7.62. The van der Waals surface area contributed by atoms with Crippen LogP contribution in [0, 0.1) is 6.92 Å². The molecule has 0 aliphatic heterocycles. The first-order valence-electron chi connectivity index (χ1n) is 6.63. The van der Waals surface area contributed by atoms with Gasteiger partial charge in [0.25, 0.3) is 0 Å². The molecule has 0 saturated carbocycles. The van der Waals surface area contributed by atoms with Crippen LogP contribution in [0.3, 0.4) is 0 Å². The van der Waals surface area contributed by atoms with Crippen molar-refractivity contribution in [3.63, 3.8) is 0 Å². The first kappa shape index (κ1) is 16.6. The smallest absolute Gasteiger partial charge is 0.326 e. The van der Waals surface area contributed by atoms with E-state index in [4.69, 9.17) is 5.11 Å². The Bertz CT molecular complexity index is 459. The summed E-state index contributed by atoms with van der Waals surface area (Å²) in [5.41, 5.74) is 1.21. The topological polar surface area (TPSA) is 57.6 Å². The molecule has 110 valence electrons. The molecular weight excluding hydrogens is 274 g/mol. The second kappa shape index (κ2) is 7.94. The van der Waals surface area contributed by atoms with Crippen LogP contribution in [0.5, 0.6) is 0 Å². The van der Waals surface area contributed by atoms with Gasteiger partial charge in [-0.15, -0.1) is 11.8 Å². The maximum Gasteiger partial charge on any atom is 0.326 e. The van der Waals surface area contributed by atoms with Crippen molar-refractivity contribution in [3.05, 3.63) is 29.8 Å². The lowest BCUT2D eigenvalue weighted by atomic mass is 10.2. The van der Waals surface area contributed by atoms with Crippen molar-refractivity contribution < 1.29 is 14.7 Å². The van der Waals surface area contributed by atoms with Crippen LogP contribution in [-0.4, -0.2) is 40.7 Å². The minimum Gasteiger partial charge on any atom is -0.480 e. The van der Waals surface area contributed by atoms with Crippen molar-refractivity contribution in [1.82, 2.24) is 4.90 Å². The summed E-state index contributed by atoms with van der Waals surface area (Å²) in [5.74, 6) is -0.421. The molecular formula is C15H21NO3S. The van der Waals surface area contributed by atoms with Gasteiger partial charge in [-0.05, 0) is 25.5 Å². The van der Waals surface area contributed by atoms with Gasteiger partial charge in [-0.1, -0.05) is 24.6 Å². The summed E-state index contributed by atoms with van der Waals surface area (Å²) in [5, 5.41) is 9.02. The number of aliphatic carboxylic acids is 1. The Balaban J connectivity index is 2.43. The fraction of sp³-hybridized carbons (Fsp3) is 0.467. The van der Waals surface area contributed by atoms with E-state index in [9.17, 15) is 9.59 Å². The van der Waals surface area contributed by atoms with Crippen LogP contribution in [0.1, 0.15) is 25.3 Å². The van der Waals surface area contributed by atoms with Gasteiger partial charge < -0.3 is 10.0 Å². The van der Waals surface area contributed by atoms with Gasteiger partial charge in [0.1, 0.15) is 6.04 Å². The molecule has 1 rings (SSSR count). The van der Waals surface area contributed by atoms with E-state index >= 15 is 0 Å². The number of thioether (sulfide) groups is 1. The van der Waals surface area contributed by atoms with E-state index in [2.05, 4.69) is 0 Å².